The lowest BCUT2D eigenvalue weighted by Gasteiger charge is -2.17. The molecule has 0 aromatic carbocycles. The molecular formula is C10H13ClN2O. The standard InChI is InChI=1S/C10H13ClN2O/c1-7-5-13(6-9(7)14)8-2-3-12-10(11)4-8/h2-4,7,9,14H,5-6H2,1H3. The van der Waals surface area contributed by atoms with Gasteiger partial charge in [-0.1, -0.05) is 18.5 Å². The summed E-state index contributed by atoms with van der Waals surface area (Å²) < 4.78 is 0. The molecule has 76 valence electrons. The van der Waals surface area contributed by atoms with Crippen LogP contribution < -0.4 is 4.90 Å². The van der Waals surface area contributed by atoms with Gasteiger partial charge in [-0.05, 0) is 12.1 Å². The maximum Gasteiger partial charge on any atom is 0.131 e. The van der Waals surface area contributed by atoms with Crippen LogP contribution >= 0.6 is 11.6 Å². The molecule has 1 aromatic rings. The third-order valence-corrected chi connectivity index (χ3v) is 2.85. The Balaban J connectivity index is 2.17. The van der Waals surface area contributed by atoms with Gasteiger partial charge in [0.15, 0.2) is 0 Å². The molecule has 0 aliphatic carbocycles. The Morgan fingerprint density at radius 3 is 2.93 bits per heavy atom. The van der Waals surface area contributed by atoms with E-state index in [1.165, 1.54) is 0 Å². The number of anilines is 1. The molecule has 1 saturated heterocycles. The van der Waals surface area contributed by atoms with Gasteiger partial charge in [-0.25, -0.2) is 4.98 Å². The topological polar surface area (TPSA) is 36.4 Å². The van der Waals surface area contributed by atoms with E-state index in [1.807, 2.05) is 19.1 Å². The third kappa shape index (κ3) is 1.83. The first-order chi connectivity index (χ1) is 6.66. The molecule has 0 radical (unpaired) electrons. The van der Waals surface area contributed by atoms with E-state index in [0.29, 0.717) is 17.6 Å². The number of nitrogens with zero attached hydrogens (tertiary/aromatic N) is 2. The molecule has 2 atom stereocenters. The van der Waals surface area contributed by atoms with Crippen LogP contribution in [0, 0.1) is 5.92 Å². The second-order valence-corrected chi connectivity index (χ2v) is 4.17. The Hall–Kier alpha value is -0.800. The number of aliphatic hydroxyl groups excluding tert-OH is 1. The van der Waals surface area contributed by atoms with Crippen molar-refractivity contribution in [1.29, 1.82) is 0 Å². The number of hydrogen-bond donors (Lipinski definition) is 1. The first-order valence-corrected chi connectivity index (χ1v) is 5.09. The minimum atomic E-state index is -0.234. The number of halogens is 1. The van der Waals surface area contributed by atoms with Gasteiger partial charge >= 0.3 is 0 Å². The van der Waals surface area contributed by atoms with E-state index in [0.717, 1.165) is 12.2 Å². The smallest absolute Gasteiger partial charge is 0.131 e. The van der Waals surface area contributed by atoms with Crippen molar-refractivity contribution in [1.82, 2.24) is 4.98 Å². The Morgan fingerprint density at radius 2 is 2.36 bits per heavy atom. The maximum absolute atomic E-state index is 9.61. The van der Waals surface area contributed by atoms with Crippen LogP contribution in [0.15, 0.2) is 18.3 Å². The zero-order chi connectivity index (χ0) is 10.1. The Labute approximate surface area is 88.3 Å². The van der Waals surface area contributed by atoms with Crippen molar-refractivity contribution in [2.24, 2.45) is 5.92 Å². The third-order valence-electron chi connectivity index (χ3n) is 2.65. The number of β-amino-alcohol motifs (C(OH)–C–C–N with tert-alkyl or cyclic N) is 1. The fourth-order valence-electron chi connectivity index (χ4n) is 1.75. The van der Waals surface area contributed by atoms with Crippen molar-refractivity contribution in [2.45, 2.75) is 13.0 Å². The highest BCUT2D eigenvalue weighted by molar-refractivity contribution is 6.29. The highest BCUT2D eigenvalue weighted by Crippen LogP contribution is 2.24. The van der Waals surface area contributed by atoms with Crippen molar-refractivity contribution in [2.75, 3.05) is 18.0 Å². The van der Waals surface area contributed by atoms with Crippen LogP contribution in [-0.4, -0.2) is 29.3 Å². The molecule has 1 aliphatic heterocycles. The average molecular weight is 213 g/mol. The van der Waals surface area contributed by atoms with E-state index in [-0.39, 0.29) is 6.10 Å². The molecule has 1 aliphatic rings. The average Bonchev–Trinajstić information content (AvgIpc) is 2.47. The molecule has 0 saturated carbocycles. The quantitative estimate of drug-likeness (QED) is 0.718. The number of aromatic nitrogens is 1. The fraction of sp³-hybridized carbons (Fsp3) is 0.500. The second-order valence-electron chi connectivity index (χ2n) is 3.79. The summed E-state index contributed by atoms with van der Waals surface area (Å²) in [5.74, 6) is 0.321. The molecule has 2 rings (SSSR count). The number of aliphatic hydroxyl groups is 1. The Bertz CT molecular complexity index is 322. The van der Waals surface area contributed by atoms with E-state index >= 15 is 0 Å². The molecule has 4 heteroatoms. The van der Waals surface area contributed by atoms with Crippen molar-refractivity contribution < 1.29 is 5.11 Å². The van der Waals surface area contributed by atoms with E-state index < -0.39 is 0 Å². The van der Waals surface area contributed by atoms with Gasteiger partial charge in [0.25, 0.3) is 0 Å². The molecule has 2 unspecified atom stereocenters. The van der Waals surface area contributed by atoms with Crippen LogP contribution in [-0.2, 0) is 0 Å². The van der Waals surface area contributed by atoms with Crippen LogP contribution in [0.4, 0.5) is 5.69 Å². The number of hydrogen-bond acceptors (Lipinski definition) is 3. The van der Waals surface area contributed by atoms with E-state index in [2.05, 4.69) is 9.88 Å². The zero-order valence-electron chi connectivity index (χ0n) is 8.02. The first-order valence-electron chi connectivity index (χ1n) is 4.71. The molecule has 1 aromatic heterocycles. The lowest BCUT2D eigenvalue weighted by atomic mass is 10.1. The van der Waals surface area contributed by atoms with Gasteiger partial charge in [-0.2, -0.15) is 0 Å². The van der Waals surface area contributed by atoms with Crippen LogP contribution in [0.25, 0.3) is 0 Å². The van der Waals surface area contributed by atoms with Gasteiger partial charge in [0.2, 0.25) is 0 Å². The summed E-state index contributed by atoms with van der Waals surface area (Å²) >= 11 is 5.80. The van der Waals surface area contributed by atoms with E-state index in [4.69, 9.17) is 11.6 Å². The normalized spacial score (nSPS) is 26.9. The van der Waals surface area contributed by atoms with Crippen molar-refractivity contribution in [3.05, 3.63) is 23.5 Å². The predicted molar refractivity (Wildman–Crippen MR) is 56.6 cm³/mol. The monoisotopic (exact) mass is 212 g/mol. The number of pyridine rings is 1. The lowest BCUT2D eigenvalue weighted by Crippen LogP contribution is -2.20. The molecule has 0 bridgehead atoms. The summed E-state index contributed by atoms with van der Waals surface area (Å²) in [5, 5.41) is 10.1. The van der Waals surface area contributed by atoms with Crippen LogP contribution in [0.2, 0.25) is 5.15 Å². The fourth-order valence-corrected chi connectivity index (χ4v) is 1.92. The van der Waals surface area contributed by atoms with Gasteiger partial charge in [0.05, 0.1) is 6.10 Å². The molecule has 1 N–H and O–H groups in total. The SMILES string of the molecule is CC1CN(c2ccnc(Cl)c2)CC1O. The molecule has 2 heterocycles. The lowest BCUT2D eigenvalue weighted by molar-refractivity contribution is 0.157. The Kier molecular flexibility index (Phi) is 2.61. The van der Waals surface area contributed by atoms with Crippen molar-refractivity contribution in [3.63, 3.8) is 0 Å². The van der Waals surface area contributed by atoms with Gasteiger partial charge < -0.3 is 10.0 Å². The van der Waals surface area contributed by atoms with Gasteiger partial charge in [-0.3, -0.25) is 0 Å². The summed E-state index contributed by atoms with van der Waals surface area (Å²) in [6, 6.07) is 3.74. The summed E-state index contributed by atoms with van der Waals surface area (Å²) in [4.78, 5) is 6.05. The van der Waals surface area contributed by atoms with Crippen LogP contribution in [0.1, 0.15) is 6.92 Å². The Morgan fingerprint density at radius 1 is 1.57 bits per heavy atom. The molecule has 3 nitrogen and oxygen atoms in total. The summed E-state index contributed by atoms with van der Waals surface area (Å²) in [7, 11) is 0. The number of rotatable bonds is 1. The van der Waals surface area contributed by atoms with Crippen LogP contribution in [0.5, 0.6) is 0 Å². The van der Waals surface area contributed by atoms with Gasteiger partial charge in [0, 0.05) is 30.9 Å². The predicted octanol–water partition coefficient (Wildman–Crippen LogP) is 1.55. The maximum atomic E-state index is 9.61. The second kappa shape index (κ2) is 3.75. The molecule has 0 amide bonds. The largest absolute Gasteiger partial charge is 0.391 e. The van der Waals surface area contributed by atoms with Crippen molar-refractivity contribution >= 4 is 17.3 Å². The summed E-state index contributed by atoms with van der Waals surface area (Å²) in [6.45, 7) is 3.61. The van der Waals surface area contributed by atoms with Crippen molar-refractivity contribution in [3.8, 4) is 0 Å². The van der Waals surface area contributed by atoms with Gasteiger partial charge in [-0.15, -0.1) is 0 Å². The highest BCUT2D eigenvalue weighted by atomic mass is 35.5. The minimum Gasteiger partial charge on any atom is -0.391 e. The summed E-state index contributed by atoms with van der Waals surface area (Å²) in [5.41, 5.74) is 1.04. The first kappa shape index (κ1) is 9.74. The zero-order valence-corrected chi connectivity index (χ0v) is 8.78. The molecular weight excluding hydrogens is 200 g/mol. The molecule has 14 heavy (non-hydrogen) atoms. The minimum absolute atomic E-state index is 0.234. The van der Waals surface area contributed by atoms with Crippen LogP contribution in [0.3, 0.4) is 0 Å². The molecule has 0 spiro atoms. The van der Waals surface area contributed by atoms with Gasteiger partial charge in [0.1, 0.15) is 5.15 Å². The highest BCUT2D eigenvalue weighted by Gasteiger charge is 2.27. The van der Waals surface area contributed by atoms with E-state index in [9.17, 15) is 5.11 Å². The molecule has 1 fully saturated rings. The summed E-state index contributed by atoms with van der Waals surface area (Å²) in [6.07, 6.45) is 1.45. The van der Waals surface area contributed by atoms with E-state index in [1.54, 1.807) is 6.20 Å².